The molecule has 1 aliphatic rings. The molecule has 5 aromatic rings. The number of nitrogens with zero attached hydrogens (tertiary/aromatic N) is 3. The standard InChI is InChI=1S/C38H39N3/c1-36(2,3)27-19-21-29-32(24-27)41(7)33-25-28(37(4,5)6)20-22-30(33)38(29,34-17-11-12-23-39-34)35-18-13-16-31(40-35)26-14-9-8-10-15-26/h8-25H,1-7H3. The number of aromatic nitrogens is 2. The summed E-state index contributed by atoms with van der Waals surface area (Å²) in [6, 6.07) is 37.1. The molecule has 0 atom stereocenters. The monoisotopic (exact) mass is 537 g/mol. The summed E-state index contributed by atoms with van der Waals surface area (Å²) in [6.07, 6.45) is 1.91. The van der Waals surface area contributed by atoms with Crippen LogP contribution in [0.1, 0.15) is 75.2 Å². The van der Waals surface area contributed by atoms with Gasteiger partial charge in [-0.15, -0.1) is 0 Å². The zero-order valence-corrected chi connectivity index (χ0v) is 25.2. The highest BCUT2D eigenvalue weighted by Gasteiger charge is 2.48. The molecule has 6 rings (SSSR count). The van der Waals surface area contributed by atoms with Gasteiger partial charge in [-0.2, -0.15) is 0 Å². The average molecular weight is 538 g/mol. The van der Waals surface area contributed by atoms with Crippen LogP contribution in [0.4, 0.5) is 11.4 Å². The third kappa shape index (κ3) is 4.44. The van der Waals surface area contributed by atoms with Crippen molar-refractivity contribution in [2.24, 2.45) is 0 Å². The summed E-state index contributed by atoms with van der Waals surface area (Å²) in [6.45, 7) is 13.7. The zero-order chi connectivity index (χ0) is 29.0. The molecule has 0 saturated carbocycles. The van der Waals surface area contributed by atoms with E-state index in [1.54, 1.807) is 0 Å². The van der Waals surface area contributed by atoms with E-state index < -0.39 is 5.41 Å². The van der Waals surface area contributed by atoms with E-state index in [-0.39, 0.29) is 10.8 Å². The Kier molecular flexibility index (Phi) is 6.37. The minimum atomic E-state index is -0.698. The summed E-state index contributed by atoms with van der Waals surface area (Å²) in [5, 5.41) is 0. The first-order valence-electron chi connectivity index (χ1n) is 14.5. The summed E-state index contributed by atoms with van der Waals surface area (Å²) in [4.78, 5) is 12.9. The van der Waals surface area contributed by atoms with Gasteiger partial charge in [-0.05, 0) is 69.5 Å². The minimum absolute atomic E-state index is 0.0164. The fourth-order valence-corrected chi connectivity index (χ4v) is 6.14. The smallest absolute Gasteiger partial charge is 0.108 e. The summed E-state index contributed by atoms with van der Waals surface area (Å²) in [5.41, 5.74) is 10.7. The van der Waals surface area contributed by atoms with Crippen LogP contribution in [0.2, 0.25) is 0 Å². The maximum Gasteiger partial charge on any atom is 0.108 e. The van der Waals surface area contributed by atoms with Gasteiger partial charge in [0.2, 0.25) is 0 Å². The van der Waals surface area contributed by atoms with Crippen molar-refractivity contribution in [3.63, 3.8) is 0 Å². The molecular formula is C38H39N3. The molecule has 0 unspecified atom stereocenters. The van der Waals surface area contributed by atoms with E-state index in [1.807, 2.05) is 18.3 Å². The molecule has 3 heteroatoms. The molecule has 206 valence electrons. The van der Waals surface area contributed by atoms with E-state index >= 15 is 0 Å². The van der Waals surface area contributed by atoms with E-state index in [0.717, 1.165) is 22.6 Å². The fraction of sp³-hybridized carbons (Fsp3) is 0.263. The molecule has 0 amide bonds. The van der Waals surface area contributed by atoms with Crippen molar-refractivity contribution < 1.29 is 0 Å². The van der Waals surface area contributed by atoms with Crippen LogP contribution < -0.4 is 4.90 Å². The van der Waals surface area contributed by atoms with E-state index in [4.69, 9.17) is 9.97 Å². The average Bonchev–Trinajstić information content (AvgIpc) is 2.97. The van der Waals surface area contributed by atoms with Gasteiger partial charge in [0.05, 0.1) is 17.1 Å². The molecule has 2 aromatic heterocycles. The number of hydrogen-bond acceptors (Lipinski definition) is 3. The summed E-state index contributed by atoms with van der Waals surface area (Å²) < 4.78 is 0. The predicted octanol–water partition coefficient (Wildman–Crippen LogP) is 9.20. The van der Waals surface area contributed by atoms with Crippen LogP contribution in [0.3, 0.4) is 0 Å². The van der Waals surface area contributed by atoms with Crippen LogP contribution in [-0.4, -0.2) is 17.0 Å². The summed E-state index contributed by atoms with van der Waals surface area (Å²) in [7, 11) is 2.20. The lowest BCUT2D eigenvalue weighted by Gasteiger charge is -2.45. The molecule has 41 heavy (non-hydrogen) atoms. The molecule has 0 radical (unpaired) electrons. The number of pyridine rings is 2. The largest absolute Gasteiger partial charge is 0.344 e. The van der Waals surface area contributed by atoms with Crippen molar-refractivity contribution in [2.45, 2.75) is 57.8 Å². The normalized spacial score (nSPS) is 14.4. The Labute approximate surface area is 245 Å². The number of fused-ring (bicyclic) bond motifs is 2. The molecule has 0 spiro atoms. The van der Waals surface area contributed by atoms with E-state index in [2.05, 4.69) is 144 Å². The molecular weight excluding hydrogens is 498 g/mol. The number of anilines is 2. The van der Waals surface area contributed by atoms with E-state index in [1.165, 1.54) is 33.6 Å². The van der Waals surface area contributed by atoms with Crippen molar-refractivity contribution >= 4 is 11.4 Å². The van der Waals surface area contributed by atoms with Crippen LogP contribution in [-0.2, 0) is 16.2 Å². The number of benzene rings is 3. The van der Waals surface area contributed by atoms with Crippen LogP contribution in [0.5, 0.6) is 0 Å². The lowest BCUT2D eigenvalue weighted by molar-refractivity contribution is 0.585. The Bertz CT molecular complexity index is 1640. The molecule has 3 nitrogen and oxygen atoms in total. The SMILES string of the molecule is CN1c2cc(C(C)(C)C)ccc2C(c2ccccn2)(c2cccc(-c3ccccc3)n2)c2ccc(C(C)(C)C)cc21. The van der Waals surface area contributed by atoms with Gasteiger partial charge in [-0.1, -0.05) is 108 Å². The van der Waals surface area contributed by atoms with Gasteiger partial charge in [-0.3, -0.25) is 9.97 Å². The second-order valence-corrected chi connectivity index (χ2v) is 13.3. The van der Waals surface area contributed by atoms with E-state index in [9.17, 15) is 0 Å². The van der Waals surface area contributed by atoms with Gasteiger partial charge in [0.25, 0.3) is 0 Å². The zero-order valence-electron chi connectivity index (χ0n) is 25.2. The number of rotatable bonds is 3. The van der Waals surface area contributed by atoms with Crippen LogP contribution in [0, 0.1) is 0 Å². The Morgan fingerprint density at radius 2 is 1.15 bits per heavy atom. The van der Waals surface area contributed by atoms with Crippen molar-refractivity contribution in [3.05, 3.63) is 143 Å². The second-order valence-electron chi connectivity index (χ2n) is 13.3. The Hall–Kier alpha value is -4.24. The topological polar surface area (TPSA) is 29.0 Å². The molecule has 0 bridgehead atoms. The van der Waals surface area contributed by atoms with Gasteiger partial charge < -0.3 is 4.90 Å². The van der Waals surface area contributed by atoms with Gasteiger partial charge in [0.15, 0.2) is 0 Å². The third-order valence-corrected chi connectivity index (χ3v) is 8.51. The highest BCUT2D eigenvalue weighted by atomic mass is 15.1. The van der Waals surface area contributed by atoms with E-state index in [0.29, 0.717) is 0 Å². The molecule has 0 aliphatic carbocycles. The maximum atomic E-state index is 5.42. The van der Waals surface area contributed by atoms with Crippen LogP contribution >= 0.6 is 0 Å². The Balaban J connectivity index is 1.75. The first-order valence-corrected chi connectivity index (χ1v) is 14.5. The van der Waals surface area contributed by atoms with Crippen molar-refractivity contribution in [1.82, 2.24) is 9.97 Å². The Morgan fingerprint density at radius 1 is 0.585 bits per heavy atom. The van der Waals surface area contributed by atoms with Gasteiger partial charge in [0, 0.05) is 30.2 Å². The lowest BCUT2D eigenvalue weighted by Crippen LogP contribution is -2.39. The first-order chi connectivity index (χ1) is 19.5. The second kappa shape index (κ2) is 9.69. The molecule has 3 aromatic carbocycles. The van der Waals surface area contributed by atoms with Gasteiger partial charge in [-0.25, -0.2) is 0 Å². The molecule has 3 heterocycles. The molecule has 0 N–H and O–H groups in total. The van der Waals surface area contributed by atoms with Crippen LogP contribution in [0.15, 0.2) is 109 Å². The Morgan fingerprint density at radius 3 is 1.68 bits per heavy atom. The minimum Gasteiger partial charge on any atom is -0.344 e. The van der Waals surface area contributed by atoms with Crippen molar-refractivity contribution in [3.8, 4) is 11.3 Å². The molecule has 0 saturated heterocycles. The highest BCUT2D eigenvalue weighted by Crippen LogP contribution is 2.55. The van der Waals surface area contributed by atoms with Crippen molar-refractivity contribution in [2.75, 3.05) is 11.9 Å². The quantitative estimate of drug-likeness (QED) is 0.230. The predicted molar refractivity (Wildman–Crippen MR) is 171 cm³/mol. The fourth-order valence-electron chi connectivity index (χ4n) is 6.14. The summed E-state index contributed by atoms with van der Waals surface area (Å²) >= 11 is 0. The molecule has 0 fully saturated rings. The van der Waals surface area contributed by atoms with Crippen molar-refractivity contribution in [1.29, 1.82) is 0 Å². The number of hydrogen-bond donors (Lipinski definition) is 0. The molecule has 1 aliphatic heterocycles. The maximum absolute atomic E-state index is 5.42. The highest BCUT2D eigenvalue weighted by molar-refractivity contribution is 5.83. The van der Waals surface area contributed by atoms with Gasteiger partial charge >= 0.3 is 0 Å². The first kappa shape index (κ1) is 27.0. The van der Waals surface area contributed by atoms with Crippen LogP contribution in [0.25, 0.3) is 11.3 Å². The van der Waals surface area contributed by atoms with Gasteiger partial charge in [0.1, 0.15) is 5.41 Å². The summed E-state index contributed by atoms with van der Waals surface area (Å²) in [5.74, 6) is 0. The lowest BCUT2D eigenvalue weighted by atomic mass is 9.64. The third-order valence-electron chi connectivity index (χ3n) is 8.51.